The summed E-state index contributed by atoms with van der Waals surface area (Å²) in [5.74, 6) is 4.25. The average Bonchev–Trinajstić information content (AvgIpc) is 2.36. The summed E-state index contributed by atoms with van der Waals surface area (Å²) in [6.45, 7) is 1.22. The van der Waals surface area contributed by atoms with Crippen LogP contribution in [-0.4, -0.2) is 21.8 Å². The third-order valence-electron chi connectivity index (χ3n) is 2.49. The molecule has 2 aromatic rings. The molecular weight excluding hydrogens is 254 g/mol. The van der Waals surface area contributed by atoms with Gasteiger partial charge in [0.05, 0.1) is 10.5 Å². The average molecular weight is 264 g/mol. The smallest absolute Gasteiger partial charge is 0.273 e. The Kier molecular flexibility index (Phi) is 3.27. The van der Waals surface area contributed by atoms with Crippen molar-refractivity contribution >= 4 is 34.3 Å². The van der Waals surface area contributed by atoms with Gasteiger partial charge in [-0.05, 0) is 18.2 Å². The van der Waals surface area contributed by atoms with Gasteiger partial charge in [0, 0.05) is 24.1 Å². The lowest BCUT2D eigenvalue weighted by Gasteiger charge is -2.12. The molecule has 2 amide bonds. The van der Waals surface area contributed by atoms with Crippen LogP contribution in [0.25, 0.3) is 10.9 Å². The topological polar surface area (TPSA) is 76.3 Å². The number of pyridine rings is 1. The number of nitrogens with two attached hydrogens (primary N) is 1. The van der Waals surface area contributed by atoms with Crippen molar-refractivity contribution in [1.82, 2.24) is 9.99 Å². The number of amides is 2. The van der Waals surface area contributed by atoms with Gasteiger partial charge < -0.3 is 0 Å². The molecule has 1 aromatic carbocycles. The summed E-state index contributed by atoms with van der Waals surface area (Å²) in [6, 6.07) is 6.44. The van der Waals surface area contributed by atoms with E-state index in [2.05, 4.69) is 4.98 Å². The minimum absolute atomic E-state index is 0.287. The van der Waals surface area contributed by atoms with E-state index in [1.165, 1.54) is 6.92 Å². The number of imide groups is 1. The number of nitrogens with zero attached hydrogens (tertiary/aromatic N) is 2. The van der Waals surface area contributed by atoms with Crippen molar-refractivity contribution in [3.63, 3.8) is 0 Å². The summed E-state index contributed by atoms with van der Waals surface area (Å²) in [7, 11) is 0. The predicted octanol–water partition coefficient (Wildman–Crippen LogP) is 1.75. The first-order valence-electron chi connectivity index (χ1n) is 5.14. The number of rotatable bonds is 1. The number of hydrogen-bond donors (Lipinski definition) is 1. The Balaban J connectivity index is 2.48. The highest BCUT2D eigenvalue weighted by Crippen LogP contribution is 2.22. The Labute approximate surface area is 108 Å². The second-order valence-corrected chi connectivity index (χ2v) is 4.13. The molecule has 6 heteroatoms. The van der Waals surface area contributed by atoms with E-state index < -0.39 is 11.8 Å². The van der Waals surface area contributed by atoms with Crippen LogP contribution in [-0.2, 0) is 4.79 Å². The molecule has 0 fully saturated rings. The maximum absolute atomic E-state index is 11.8. The predicted molar refractivity (Wildman–Crippen MR) is 67.8 cm³/mol. The van der Waals surface area contributed by atoms with Crippen LogP contribution in [0, 0.1) is 0 Å². The molecule has 2 N–H and O–H groups in total. The number of hydrogen-bond acceptors (Lipinski definition) is 4. The van der Waals surface area contributed by atoms with E-state index in [0.717, 1.165) is 5.39 Å². The fourth-order valence-electron chi connectivity index (χ4n) is 1.53. The third kappa shape index (κ3) is 2.18. The Morgan fingerprint density at radius 1 is 1.33 bits per heavy atom. The highest BCUT2D eigenvalue weighted by molar-refractivity contribution is 6.35. The zero-order chi connectivity index (χ0) is 13.3. The summed E-state index contributed by atoms with van der Waals surface area (Å²) >= 11 is 5.99. The molecule has 0 spiro atoms. The second kappa shape index (κ2) is 4.72. The lowest BCUT2D eigenvalue weighted by molar-refractivity contribution is -0.126. The minimum atomic E-state index is -0.578. The molecule has 0 saturated carbocycles. The normalized spacial score (nSPS) is 10.4. The minimum Gasteiger partial charge on any atom is -0.273 e. The lowest BCUT2D eigenvalue weighted by atomic mass is 10.1. The first kappa shape index (κ1) is 12.5. The summed E-state index contributed by atoms with van der Waals surface area (Å²) < 4.78 is 0. The first-order valence-corrected chi connectivity index (χ1v) is 5.52. The molecule has 0 atom stereocenters. The Hall–Kier alpha value is -1.98. The number of carbonyl (C=O) groups excluding carboxylic acids is 2. The number of benzene rings is 1. The zero-order valence-corrected chi connectivity index (χ0v) is 10.3. The van der Waals surface area contributed by atoms with Gasteiger partial charge >= 0.3 is 0 Å². The largest absolute Gasteiger partial charge is 0.274 e. The zero-order valence-electron chi connectivity index (χ0n) is 9.55. The van der Waals surface area contributed by atoms with E-state index in [0.29, 0.717) is 15.5 Å². The number of halogens is 1. The van der Waals surface area contributed by atoms with Crippen LogP contribution in [0.4, 0.5) is 0 Å². The third-order valence-corrected chi connectivity index (χ3v) is 2.82. The molecule has 1 aromatic heterocycles. The van der Waals surface area contributed by atoms with Gasteiger partial charge in [-0.25, -0.2) is 10.9 Å². The Morgan fingerprint density at radius 3 is 2.72 bits per heavy atom. The van der Waals surface area contributed by atoms with Crippen LogP contribution < -0.4 is 5.84 Å². The van der Waals surface area contributed by atoms with Gasteiger partial charge in [-0.2, -0.15) is 0 Å². The fourth-order valence-corrected chi connectivity index (χ4v) is 1.74. The van der Waals surface area contributed by atoms with Crippen molar-refractivity contribution < 1.29 is 9.59 Å². The lowest BCUT2D eigenvalue weighted by Crippen LogP contribution is -2.41. The van der Waals surface area contributed by atoms with Gasteiger partial charge in [-0.3, -0.25) is 14.6 Å². The van der Waals surface area contributed by atoms with Crippen molar-refractivity contribution in [2.75, 3.05) is 0 Å². The van der Waals surface area contributed by atoms with E-state index in [9.17, 15) is 9.59 Å². The van der Waals surface area contributed by atoms with Gasteiger partial charge in [0.25, 0.3) is 5.91 Å². The first-order chi connectivity index (χ1) is 8.50. The molecule has 0 radical (unpaired) electrons. The molecule has 0 aliphatic rings. The second-order valence-electron chi connectivity index (χ2n) is 3.72. The molecule has 5 nitrogen and oxygen atoms in total. The monoisotopic (exact) mass is 263 g/mol. The molecular formula is C12H10ClN3O2. The maximum Gasteiger partial charge on any atom is 0.274 e. The van der Waals surface area contributed by atoms with Crippen LogP contribution in [0.2, 0.25) is 5.02 Å². The van der Waals surface area contributed by atoms with E-state index in [4.69, 9.17) is 17.4 Å². The SMILES string of the molecule is CC(=O)N(N)C(=O)c1ccc2c(Cl)ccnc2c1. The molecule has 0 aliphatic carbocycles. The van der Waals surface area contributed by atoms with Crippen LogP contribution in [0.1, 0.15) is 17.3 Å². The van der Waals surface area contributed by atoms with Crippen molar-refractivity contribution in [2.24, 2.45) is 5.84 Å². The summed E-state index contributed by atoms with van der Waals surface area (Å²) in [5.41, 5.74) is 0.861. The molecule has 2 rings (SSSR count). The van der Waals surface area contributed by atoms with Gasteiger partial charge in [0.2, 0.25) is 5.91 Å². The van der Waals surface area contributed by atoms with Crippen molar-refractivity contribution in [1.29, 1.82) is 0 Å². The molecule has 92 valence electrons. The number of carbonyl (C=O) groups is 2. The number of hydrazine groups is 1. The fraction of sp³-hybridized carbons (Fsp3) is 0.0833. The highest BCUT2D eigenvalue weighted by atomic mass is 35.5. The van der Waals surface area contributed by atoms with Crippen molar-refractivity contribution in [3.8, 4) is 0 Å². The van der Waals surface area contributed by atoms with Gasteiger partial charge in [-0.15, -0.1) is 0 Å². The molecule has 0 unspecified atom stereocenters. The number of fused-ring (bicyclic) bond motifs is 1. The van der Waals surface area contributed by atoms with E-state index in [1.54, 1.807) is 30.5 Å². The summed E-state index contributed by atoms with van der Waals surface area (Å²) in [6.07, 6.45) is 1.55. The quantitative estimate of drug-likeness (QED) is 0.483. The van der Waals surface area contributed by atoms with Crippen LogP contribution in [0.15, 0.2) is 30.5 Å². The van der Waals surface area contributed by atoms with Gasteiger partial charge in [0.15, 0.2) is 0 Å². The Morgan fingerprint density at radius 2 is 2.06 bits per heavy atom. The van der Waals surface area contributed by atoms with Gasteiger partial charge in [-0.1, -0.05) is 17.7 Å². The molecule has 18 heavy (non-hydrogen) atoms. The number of aromatic nitrogens is 1. The molecule has 0 bridgehead atoms. The molecule has 0 saturated heterocycles. The van der Waals surface area contributed by atoms with E-state index in [1.807, 2.05) is 0 Å². The maximum atomic E-state index is 11.8. The Bertz CT molecular complexity index is 642. The van der Waals surface area contributed by atoms with Gasteiger partial charge in [0.1, 0.15) is 0 Å². The summed E-state index contributed by atoms with van der Waals surface area (Å²) in [4.78, 5) is 27.0. The highest BCUT2D eigenvalue weighted by Gasteiger charge is 2.16. The van der Waals surface area contributed by atoms with Crippen molar-refractivity contribution in [2.45, 2.75) is 6.92 Å². The standard InChI is InChI=1S/C12H10ClN3O2/c1-7(17)16(14)12(18)8-2-3-9-10(13)4-5-15-11(9)6-8/h2-6H,14H2,1H3. The van der Waals surface area contributed by atoms with Crippen LogP contribution in [0.5, 0.6) is 0 Å². The van der Waals surface area contributed by atoms with Crippen LogP contribution >= 0.6 is 11.6 Å². The van der Waals surface area contributed by atoms with E-state index >= 15 is 0 Å². The van der Waals surface area contributed by atoms with Crippen LogP contribution in [0.3, 0.4) is 0 Å². The van der Waals surface area contributed by atoms with Crippen molar-refractivity contribution in [3.05, 3.63) is 41.0 Å². The molecule has 1 heterocycles. The molecule has 0 aliphatic heterocycles. The van der Waals surface area contributed by atoms with E-state index in [-0.39, 0.29) is 5.56 Å². The summed E-state index contributed by atoms with van der Waals surface area (Å²) in [5, 5.41) is 1.85.